The largest absolute Gasteiger partial charge is 0.397 e. The van der Waals surface area contributed by atoms with Crippen molar-refractivity contribution in [2.24, 2.45) is 5.14 Å². The zero-order valence-electron chi connectivity index (χ0n) is 10.3. The number of nitrogens with two attached hydrogens (primary N) is 2. The summed E-state index contributed by atoms with van der Waals surface area (Å²) in [5.41, 5.74) is 7.74. The van der Waals surface area contributed by atoms with Gasteiger partial charge in [-0.3, -0.25) is 4.79 Å². The molecule has 4 N–H and O–H groups in total. The van der Waals surface area contributed by atoms with E-state index >= 15 is 0 Å². The van der Waals surface area contributed by atoms with E-state index in [1.807, 2.05) is 6.92 Å². The molecule has 19 heavy (non-hydrogen) atoms. The number of carbonyl (C=O) groups is 1. The molecule has 8 heteroatoms. The molecule has 1 atom stereocenters. The highest BCUT2D eigenvalue weighted by Gasteiger charge is 2.37. The lowest BCUT2D eigenvalue weighted by Crippen LogP contribution is -2.32. The van der Waals surface area contributed by atoms with Gasteiger partial charge in [0.15, 0.2) is 0 Å². The van der Waals surface area contributed by atoms with Gasteiger partial charge in [0.25, 0.3) is 0 Å². The van der Waals surface area contributed by atoms with Gasteiger partial charge in [-0.15, -0.1) is 0 Å². The highest BCUT2D eigenvalue weighted by Crippen LogP contribution is 2.33. The van der Waals surface area contributed by atoms with Gasteiger partial charge in [0.2, 0.25) is 15.9 Å². The van der Waals surface area contributed by atoms with E-state index in [1.54, 1.807) is 12.1 Å². The molecule has 0 aromatic heterocycles. The Morgan fingerprint density at radius 2 is 2.05 bits per heavy atom. The van der Waals surface area contributed by atoms with Gasteiger partial charge < -0.3 is 10.6 Å². The van der Waals surface area contributed by atoms with Crippen molar-refractivity contribution in [3.63, 3.8) is 0 Å². The van der Waals surface area contributed by atoms with Crippen molar-refractivity contribution in [2.75, 3.05) is 17.2 Å². The van der Waals surface area contributed by atoms with Crippen molar-refractivity contribution in [3.05, 3.63) is 22.2 Å². The third-order valence-corrected chi connectivity index (χ3v) is 5.25. The average molecular weight is 348 g/mol. The highest BCUT2D eigenvalue weighted by atomic mass is 79.9. The molecule has 2 rings (SSSR count). The smallest absolute Gasteiger partial charge is 0.228 e. The number of amides is 1. The number of aryl methyl sites for hydroxylation is 1. The second-order valence-electron chi connectivity index (χ2n) is 4.58. The molecule has 1 aliphatic heterocycles. The topological polar surface area (TPSA) is 106 Å². The van der Waals surface area contributed by atoms with Crippen LogP contribution < -0.4 is 15.8 Å². The van der Waals surface area contributed by atoms with E-state index in [1.165, 1.54) is 4.90 Å². The molecule has 1 heterocycles. The first-order valence-electron chi connectivity index (χ1n) is 5.57. The van der Waals surface area contributed by atoms with Crippen molar-refractivity contribution in [1.82, 2.24) is 0 Å². The van der Waals surface area contributed by atoms with E-state index in [0.717, 1.165) is 10.0 Å². The lowest BCUT2D eigenvalue weighted by Gasteiger charge is -2.19. The van der Waals surface area contributed by atoms with Crippen LogP contribution in [0.15, 0.2) is 16.6 Å². The minimum atomic E-state index is -3.72. The highest BCUT2D eigenvalue weighted by molar-refractivity contribution is 9.10. The zero-order chi connectivity index (χ0) is 14.4. The van der Waals surface area contributed by atoms with E-state index < -0.39 is 15.3 Å². The minimum absolute atomic E-state index is 0.0446. The van der Waals surface area contributed by atoms with Crippen LogP contribution in [0.1, 0.15) is 12.0 Å². The summed E-state index contributed by atoms with van der Waals surface area (Å²) in [5.74, 6) is -0.285. The maximum absolute atomic E-state index is 11.9. The fourth-order valence-electron chi connectivity index (χ4n) is 2.04. The predicted molar refractivity (Wildman–Crippen MR) is 77.2 cm³/mol. The van der Waals surface area contributed by atoms with Crippen LogP contribution in [0, 0.1) is 6.92 Å². The fraction of sp³-hybridized carbons (Fsp3) is 0.364. The van der Waals surface area contributed by atoms with Crippen LogP contribution >= 0.6 is 15.9 Å². The first-order chi connectivity index (χ1) is 8.70. The van der Waals surface area contributed by atoms with Crippen molar-refractivity contribution in [2.45, 2.75) is 18.6 Å². The van der Waals surface area contributed by atoms with E-state index in [2.05, 4.69) is 15.9 Å². The van der Waals surface area contributed by atoms with Crippen molar-refractivity contribution in [3.8, 4) is 0 Å². The molecule has 1 amide bonds. The summed E-state index contributed by atoms with van der Waals surface area (Å²) < 4.78 is 23.5. The normalized spacial score (nSPS) is 20.1. The third kappa shape index (κ3) is 2.75. The molecule has 104 valence electrons. The molecule has 6 nitrogen and oxygen atoms in total. The second kappa shape index (κ2) is 4.77. The fourth-order valence-corrected chi connectivity index (χ4v) is 3.14. The molecule has 0 spiro atoms. The van der Waals surface area contributed by atoms with Crippen LogP contribution in [0.25, 0.3) is 0 Å². The Bertz CT molecular complexity index is 645. The number of nitrogen functional groups attached to an aromatic ring is 1. The number of hydrogen-bond acceptors (Lipinski definition) is 4. The molecule has 1 unspecified atom stereocenters. The number of benzene rings is 1. The third-order valence-electron chi connectivity index (χ3n) is 3.15. The van der Waals surface area contributed by atoms with E-state index in [4.69, 9.17) is 10.9 Å². The van der Waals surface area contributed by atoms with Gasteiger partial charge in [0.05, 0.1) is 11.4 Å². The van der Waals surface area contributed by atoms with Gasteiger partial charge >= 0.3 is 0 Å². The molecule has 1 fully saturated rings. The summed E-state index contributed by atoms with van der Waals surface area (Å²) in [7, 11) is -3.72. The molecule has 1 aromatic rings. The van der Waals surface area contributed by atoms with Crippen LogP contribution in [-0.2, 0) is 14.8 Å². The predicted octanol–water partition coefficient (Wildman–Crippen LogP) is 0.734. The summed E-state index contributed by atoms with van der Waals surface area (Å²) in [6.07, 6.45) is -0.104. The molecular weight excluding hydrogens is 334 g/mol. The average Bonchev–Trinajstić information content (AvgIpc) is 2.65. The first kappa shape index (κ1) is 14.3. The van der Waals surface area contributed by atoms with Crippen LogP contribution in [-0.4, -0.2) is 26.1 Å². The number of halogens is 1. The summed E-state index contributed by atoms with van der Waals surface area (Å²) in [5, 5.41) is 4.22. The summed E-state index contributed by atoms with van der Waals surface area (Å²) in [4.78, 5) is 13.3. The Labute approximate surface area is 119 Å². The Morgan fingerprint density at radius 1 is 1.42 bits per heavy atom. The lowest BCUT2D eigenvalue weighted by atomic mass is 10.2. The van der Waals surface area contributed by atoms with Gasteiger partial charge in [0.1, 0.15) is 5.25 Å². The van der Waals surface area contributed by atoms with Gasteiger partial charge in [-0.25, -0.2) is 13.6 Å². The van der Waals surface area contributed by atoms with Crippen molar-refractivity contribution >= 4 is 43.2 Å². The number of rotatable bonds is 2. The summed E-state index contributed by atoms with van der Waals surface area (Å²) >= 11 is 3.35. The van der Waals surface area contributed by atoms with Crippen LogP contribution in [0.3, 0.4) is 0 Å². The minimum Gasteiger partial charge on any atom is -0.397 e. The molecule has 1 aromatic carbocycles. The number of primary sulfonamides is 1. The van der Waals surface area contributed by atoms with Gasteiger partial charge in [-0.05, 0) is 24.6 Å². The van der Waals surface area contributed by atoms with Crippen molar-refractivity contribution < 1.29 is 13.2 Å². The first-order valence-corrected chi connectivity index (χ1v) is 7.98. The summed E-state index contributed by atoms with van der Waals surface area (Å²) in [6.45, 7) is 1.91. The maximum Gasteiger partial charge on any atom is 0.228 e. The van der Waals surface area contributed by atoms with Crippen molar-refractivity contribution in [1.29, 1.82) is 0 Å². The Hall–Kier alpha value is -1.12. The van der Waals surface area contributed by atoms with E-state index in [9.17, 15) is 13.2 Å². The monoisotopic (exact) mass is 347 g/mol. The number of sulfonamides is 1. The number of nitrogens with zero attached hydrogens (tertiary/aromatic N) is 1. The molecule has 0 saturated carbocycles. The Morgan fingerprint density at radius 3 is 2.58 bits per heavy atom. The van der Waals surface area contributed by atoms with Gasteiger partial charge in [-0.1, -0.05) is 15.9 Å². The molecule has 0 radical (unpaired) electrons. The molecule has 0 aliphatic carbocycles. The van der Waals surface area contributed by atoms with Crippen LogP contribution in [0.2, 0.25) is 0 Å². The molecule has 0 bridgehead atoms. The number of anilines is 2. The van der Waals surface area contributed by atoms with Gasteiger partial charge in [0, 0.05) is 17.4 Å². The Balaban J connectivity index is 2.39. The zero-order valence-corrected chi connectivity index (χ0v) is 12.7. The van der Waals surface area contributed by atoms with Crippen LogP contribution in [0.4, 0.5) is 11.4 Å². The van der Waals surface area contributed by atoms with E-state index in [0.29, 0.717) is 11.4 Å². The quantitative estimate of drug-likeness (QED) is 0.769. The lowest BCUT2D eigenvalue weighted by molar-refractivity contribution is -0.117. The van der Waals surface area contributed by atoms with E-state index in [-0.39, 0.29) is 18.9 Å². The SMILES string of the molecule is Cc1cc(N2CC(S(N)(=O)=O)CC2=O)c(N)cc1Br. The second-order valence-corrected chi connectivity index (χ2v) is 7.28. The van der Waals surface area contributed by atoms with Gasteiger partial charge in [-0.2, -0.15) is 0 Å². The molecular formula is C11H14BrN3O3S. The Kier molecular flexibility index (Phi) is 3.59. The summed E-state index contributed by atoms with van der Waals surface area (Å²) in [6, 6.07) is 3.45. The molecule has 1 aliphatic rings. The standard InChI is InChI=1S/C11H14BrN3O3S/c1-6-2-10(9(13)4-8(6)12)15-5-7(3-11(15)16)19(14,17)18/h2,4,7H,3,5,13H2,1H3,(H2,14,17,18). The number of hydrogen-bond donors (Lipinski definition) is 2. The number of carbonyl (C=O) groups excluding carboxylic acids is 1. The molecule has 1 saturated heterocycles. The maximum atomic E-state index is 11.9. The van der Waals surface area contributed by atoms with Crippen LogP contribution in [0.5, 0.6) is 0 Å².